The van der Waals surface area contributed by atoms with Crippen LogP contribution in [0.3, 0.4) is 0 Å². The number of ether oxygens (including phenoxy) is 1. The van der Waals surface area contributed by atoms with Crippen molar-refractivity contribution in [3.63, 3.8) is 0 Å². The van der Waals surface area contributed by atoms with E-state index in [4.69, 9.17) is 4.74 Å². The number of nitrogens with zero attached hydrogens (tertiary/aromatic N) is 1. The average Bonchev–Trinajstić information content (AvgIpc) is 2.37. The van der Waals surface area contributed by atoms with Crippen molar-refractivity contribution in [2.45, 2.75) is 19.4 Å². The Balaban J connectivity index is 2.04. The Morgan fingerprint density at radius 1 is 1.37 bits per heavy atom. The summed E-state index contributed by atoms with van der Waals surface area (Å²) in [6.07, 6.45) is 0. The highest BCUT2D eigenvalue weighted by Gasteiger charge is 2.17. The number of nitrogens with one attached hydrogen (secondary N) is 1. The first-order valence-corrected chi connectivity index (χ1v) is 6.56. The Hall–Kier alpha value is -1.33. The minimum absolute atomic E-state index is 0.138. The average molecular weight is 268 g/mol. The minimum atomic E-state index is -0.923. The molecule has 1 aromatic rings. The van der Waals surface area contributed by atoms with E-state index in [2.05, 4.69) is 5.32 Å². The van der Waals surface area contributed by atoms with Gasteiger partial charge in [-0.3, -0.25) is 0 Å². The molecule has 0 spiro atoms. The van der Waals surface area contributed by atoms with E-state index >= 15 is 0 Å². The van der Waals surface area contributed by atoms with Crippen molar-refractivity contribution in [2.24, 2.45) is 0 Å². The molecule has 0 aromatic heterocycles. The Bertz CT molecular complexity index is 426. The molecule has 0 radical (unpaired) electrons. The molecule has 106 valence electrons. The predicted octanol–water partition coefficient (Wildman–Crippen LogP) is 1.39. The first-order valence-electron chi connectivity index (χ1n) is 6.56. The Labute approximate surface area is 113 Å². The molecule has 1 fully saturated rings. The summed E-state index contributed by atoms with van der Waals surface area (Å²) in [4.78, 5) is 2.02. The summed E-state index contributed by atoms with van der Waals surface area (Å²) < 4.78 is 19.4. The van der Waals surface area contributed by atoms with Crippen LogP contribution in [-0.4, -0.2) is 43.5 Å². The largest absolute Gasteiger partial charge is 0.491 e. The second-order valence-electron chi connectivity index (χ2n) is 5.45. The molecule has 1 aliphatic rings. The molecule has 0 atom stereocenters. The van der Waals surface area contributed by atoms with Crippen LogP contribution in [0, 0.1) is 5.82 Å². The molecule has 0 amide bonds. The molecule has 1 saturated heterocycles. The van der Waals surface area contributed by atoms with Crippen LogP contribution in [0.25, 0.3) is 0 Å². The van der Waals surface area contributed by atoms with Gasteiger partial charge in [-0.25, -0.2) is 4.39 Å². The zero-order chi connectivity index (χ0) is 13.9. The van der Waals surface area contributed by atoms with Gasteiger partial charge < -0.3 is 20.1 Å². The number of anilines is 1. The van der Waals surface area contributed by atoms with E-state index in [1.807, 2.05) is 4.90 Å². The van der Waals surface area contributed by atoms with Crippen molar-refractivity contribution in [1.29, 1.82) is 0 Å². The van der Waals surface area contributed by atoms with E-state index in [0.29, 0.717) is 11.4 Å². The van der Waals surface area contributed by atoms with Crippen LogP contribution in [0.1, 0.15) is 13.8 Å². The Kier molecular flexibility index (Phi) is 4.27. The monoisotopic (exact) mass is 268 g/mol. The highest BCUT2D eigenvalue weighted by Crippen LogP contribution is 2.24. The van der Waals surface area contributed by atoms with Crippen molar-refractivity contribution in [3.05, 3.63) is 24.0 Å². The molecule has 1 aromatic carbocycles. The lowest BCUT2D eigenvalue weighted by Crippen LogP contribution is -2.43. The maximum atomic E-state index is 14.0. The standard InChI is InChI=1S/C14H21FN2O2/c1-14(2,18)10-19-11-3-4-13(12(15)9-11)17-7-5-16-6-8-17/h3-4,9,16,18H,5-8,10H2,1-2H3. The molecule has 0 unspecified atom stereocenters. The first-order chi connectivity index (χ1) is 8.96. The fourth-order valence-electron chi connectivity index (χ4n) is 2.00. The van der Waals surface area contributed by atoms with Crippen molar-refractivity contribution in [2.75, 3.05) is 37.7 Å². The Morgan fingerprint density at radius 2 is 2.05 bits per heavy atom. The molecule has 5 heteroatoms. The van der Waals surface area contributed by atoms with Gasteiger partial charge in [-0.15, -0.1) is 0 Å². The molecule has 1 heterocycles. The van der Waals surface area contributed by atoms with Crippen molar-refractivity contribution in [3.8, 4) is 5.75 Å². The van der Waals surface area contributed by atoms with Crippen LogP contribution in [0.4, 0.5) is 10.1 Å². The van der Waals surface area contributed by atoms with E-state index in [-0.39, 0.29) is 12.4 Å². The summed E-state index contributed by atoms with van der Waals surface area (Å²) in [7, 11) is 0. The molecular formula is C14H21FN2O2. The molecule has 0 aliphatic carbocycles. The maximum Gasteiger partial charge on any atom is 0.150 e. The quantitative estimate of drug-likeness (QED) is 0.866. The van der Waals surface area contributed by atoms with Gasteiger partial charge in [0.05, 0.1) is 11.3 Å². The Morgan fingerprint density at radius 3 is 2.63 bits per heavy atom. The van der Waals surface area contributed by atoms with Gasteiger partial charge in [-0.1, -0.05) is 0 Å². The topological polar surface area (TPSA) is 44.7 Å². The third kappa shape index (κ3) is 4.08. The number of hydrogen-bond donors (Lipinski definition) is 2. The highest BCUT2D eigenvalue weighted by atomic mass is 19.1. The van der Waals surface area contributed by atoms with Gasteiger partial charge in [-0.05, 0) is 26.0 Å². The van der Waals surface area contributed by atoms with Crippen LogP contribution in [0.15, 0.2) is 18.2 Å². The molecule has 0 bridgehead atoms. The van der Waals surface area contributed by atoms with E-state index < -0.39 is 5.60 Å². The van der Waals surface area contributed by atoms with Crippen molar-refractivity contribution >= 4 is 5.69 Å². The number of aliphatic hydroxyl groups is 1. The lowest BCUT2D eigenvalue weighted by atomic mass is 10.2. The number of piperazine rings is 1. The smallest absolute Gasteiger partial charge is 0.150 e. The van der Waals surface area contributed by atoms with Gasteiger partial charge in [0.25, 0.3) is 0 Å². The van der Waals surface area contributed by atoms with Crippen LogP contribution in [-0.2, 0) is 0 Å². The number of halogens is 1. The maximum absolute atomic E-state index is 14.0. The lowest BCUT2D eigenvalue weighted by molar-refractivity contribution is 0.0284. The summed E-state index contributed by atoms with van der Waals surface area (Å²) in [5.41, 5.74) is -0.314. The third-order valence-corrected chi connectivity index (χ3v) is 2.97. The molecule has 1 aliphatic heterocycles. The zero-order valence-corrected chi connectivity index (χ0v) is 11.4. The van der Waals surface area contributed by atoms with Crippen LogP contribution in [0.5, 0.6) is 5.75 Å². The molecule has 0 saturated carbocycles. The van der Waals surface area contributed by atoms with E-state index in [9.17, 15) is 9.50 Å². The molecule has 2 N–H and O–H groups in total. The van der Waals surface area contributed by atoms with Gasteiger partial charge in [0.1, 0.15) is 18.2 Å². The van der Waals surface area contributed by atoms with Crippen LogP contribution < -0.4 is 15.0 Å². The second-order valence-corrected chi connectivity index (χ2v) is 5.45. The van der Waals surface area contributed by atoms with Crippen molar-refractivity contribution < 1.29 is 14.2 Å². The van der Waals surface area contributed by atoms with E-state index in [0.717, 1.165) is 26.2 Å². The second kappa shape index (κ2) is 5.75. The third-order valence-electron chi connectivity index (χ3n) is 2.97. The van der Waals surface area contributed by atoms with Gasteiger partial charge >= 0.3 is 0 Å². The normalized spacial score (nSPS) is 16.5. The van der Waals surface area contributed by atoms with E-state index in [1.165, 1.54) is 6.07 Å². The van der Waals surface area contributed by atoms with Gasteiger partial charge in [-0.2, -0.15) is 0 Å². The summed E-state index contributed by atoms with van der Waals surface area (Å²) in [6, 6.07) is 4.86. The number of benzene rings is 1. The van der Waals surface area contributed by atoms with Crippen molar-refractivity contribution in [1.82, 2.24) is 5.32 Å². The molecule has 19 heavy (non-hydrogen) atoms. The van der Waals surface area contributed by atoms with Gasteiger partial charge in [0.2, 0.25) is 0 Å². The van der Waals surface area contributed by atoms with Crippen LogP contribution >= 0.6 is 0 Å². The van der Waals surface area contributed by atoms with E-state index in [1.54, 1.807) is 26.0 Å². The molecule has 4 nitrogen and oxygen atoms in total. The molecular weight excluding hydrogens is 247 g/mol. The summed E-state index contributed by atoms with van der Waals surface area (Å²) in [5.74, 6) is 0.161. The fraction of sp³-hybridized carbons (Fsp3) is 0.571. The fourth-order valence-corrected chi connectivity index (χ4v) is 2.00. The summed E-state index contributed by atoms with van der Waals surface area (Å²) in [6.45, 7) is 6.80. The lowest BCUT2D eigenvalue weighted by Gasteiger charge is -2.29. The minimum Gasteiger partial charge on any atom is -0.491 e. The number of rotatable bonds is 4. The summed E-state index contributed by atoms with van der Waals surface area (Å²) in [5, 5.41) is 12.8. The summed E-state index contributed by atoms with van der Waals surface area (Å²) >= 11 is 0. The van der Waals surface area contributed by atoms with Gasteiger partial charge in [0, 0.05) is 32.2 Å². The zero-order valence-electron chi connectivity index (χ0n) is 11.4. The van der Waals surface area contributed by atoms with Crippen LogP contribution in [0.2, 0.25) is 0 Å². The highest BCUT2D eigenvalue weighted by molar-refractivity contribution is 5.51. The first kappa shape index (κ1) is 14.1. The predicted molar refractivity (Wildman–Crippen MR) is 73.3 cm³/mol. The SMILES string of the molecule is CC(C)(O)COc1ccc(N2CCNCC2)c(F)c1. The number of hydrogen-bond acceptors (Lipinski definition) is 4. The van der Waals surface area contributed by atoms with Gasteiger partial charge in [0.15, 0.2) is 0 Å². The molecule has 2 rings (SSSR count).